The first-order chi connectivity index (χ1) is 14.8. The van der Waals surface area contributed by atoms with Crippen molar-refractivity contribution in [3.05, 3.63) is 29.3 Å². The second-order valence-corrected chi connectivity index (χ2v) is 10.7. The van der Waals surface area contributed by atoms with Gasteiger partial charge in [-0.1, -0.05) is 26.3 Å². The van der Waals surface area contributed by atoms with Crippen LogP contribution in [0.1, 0.15) is 88.7 Å². The van der Waals surface area contributed by atoms with Crippen LogP contribution in [0.3, 0.4) is 0 Å². The third-order valence-corrected chi connectivity index (χ3v) is 8.87. The molecule has 4 atom stereocenters. The van der Waals surface area contributed by atoms with Gasteiger partial charge in [0.15, 0.2) is 0 Å². The molecule has 0 aliphatic heterocycles. The molecule has 4 rings (SSSR count). The fraction of sp³-hybridized carbons (Fsp3) is 0.667. The summed E-state index contributed by atoms with van der Waals surface area (Å²) in [6.45, 7) is 4.10. The van der Waals surface area contributed by atoms with E-state index in [1.807, 2.05) is 23.8 Å². The van der Waals surface area contributed by atoms with Crippen LogP contribution >= 0.6 is 0 Å². The Balaban J connectivity index is 1.49. The SMILES string of the molecule is CCCCC(=O)NS(=O)(=O)Oc1ccc2c(c1)CCC1C2CCC2(CC)C(=O)CCC12. The van der Waals surface area contributed by atoms with Gasteiger partial charge >= 0.3 is 10.3 Å². The highest BCUT2D eigenvalue weighted by Gasteiger charge is 2.56. The molecule has 1 aromatic rings. The number of amides is 1. The highest BCUT2D eigenvalue weighted by Crippen LogP contribution is 2.61. The minimum Gasteiger partial charge on any atom is -0.367 e. The lowest BCUT2D eigenvalue weighted by Gasteiger charge is -2.49. The summed E-state index contributed by atoms with van der Waals surface area (Å²) in [4.78, 5) is 24.5. The van der Waals surface area contributed by atoms with Crippen molar-refractivity contribution in [1.29, 1.82) is 0 Å². The molecule has 7 heteroatoms. The summed E-state index contributed by atoms with van der Waals surface area (Å²) < 4.78 is 31.6. The molecule has 0 heterocycles. The fourth-order valence-electron chi connectivity index (χ4n) is 6.51. The Morgan fingerprint density at radius 3 is 2.74 bits per heavy atom. The molecule has 2 fully saturated rings. The van der Waals surface area contributed by atoms with Crippen LogP contribution in [-0.2, 0) is 26.3 Å². The number of aryl methyl sites for hydroxylation is 1. The van der Waals surface area contributed by atoms with Crippen molar-refractivity contribution in [3.8, 4) is 5.75 Å². The van der Waals surface area contributed by atoms with Gasteiger partial charge in [-0.2, -0.15) is 8.42 Å². The fourth-order valence-corrected chi connectivity index (χ4v) is 7.29. The van der Waals surface area contributed by atoms with Gasteiger partial charge in [-0.15, -0.1) is 0 Å². The Kier molecular flexibility index (Phi) is 6.16. The first-order valence-electron chi connectivity index (χ1n) is 11.7. The molecule has 1 N–H and O–H groups in total. The average molecular weight is 448 g/mol. The molecule has 3 aliphatic carbocycles. The second-order valence-electron chi connectivity index (χ2n) is 9.45. The molecular formula is C24H33NO5S. The van der Waals surface area contributed by atoms with Crippen LogP contribution in [0.4, 0.5) is 0 Å². The lowest BCUT2D eigenvalue weighted by molar-refractivity contribution is -0.131. The number of ketones is 1. The van der Waals surface area contributed by atoms with Gasteiger partial charge in [-0.3, -0.25) is 9.59 Å². The predicted octanol–water partition coefficient (Wildman–Crippen LogP) is 4.43. The van der Waals surface area contributed by atoms with Gasteiger partial charge in [-0.05, 0) is 86.0 Å². The summed E-state index contributed by atoms with van der Waals surface area (Å²) in [5.41, 5.74) is 2.29. The predicted molar refractivity (Wildman–Crippen MR) is 118 cm³/mol. The Morgan fingerprint density at radius 2 is 2.00 bits per heavy atom. The third-order valence-electron chi connectivity index (χ3n) is 7.98. The molecule has 31 heavy (non-hydrogen) atoms. The van der Waals surface area contributed by atoms with Crippen molar-refractivity contribution in [2.45, 2.75) is 84.0 Å². The maximum atomic E-state index is 12.7. The van der Waals surface area contributed by atoms with E-state index in [9.17, 15) is 18.0 Å². The van der Waals surface area contributed by atoms with E-state index in [0.717, 1.165) is 56.9 Å². The number of Topliss-reactive ketones (excluding diaryl/α,β-unsaturated/α-hetero) is 1. The summed E-state index contributed by atoms with van der Waals surface area (Å²) in [7, 11) is -4.18. The molecule has 170 valence electrons. The maximum Gasteiger partial charge on any atom is 0.409 e. The first kappa shape index (κ1) is 22.3. The van der Waals surface area contributed by atoms with Crippen molar-refractivity contribution in [2.75, 3.05) is 0 Å². The maximum absolute atomic E-state index is 12.7. The largest absolute Gasteiger partial charge is 0.409 e. The Hall–Kier alpha value is -1.89. The van der Waals surface area contributed by atoms with Crippen LogP contribution in [0, 0.1) is 17.3 Å². The standard InChI is InChI=1S/C24H33NO5S/c1-3-5-6-23(27)25-31(28,29)30-17-8-10-18-16(15-17)7-9-20-19(18)13-14-24(4-2)21(20)11-12-22(24)26/h8,10,15,19-21H,3-7,9,11-14H2,1-2H3,(H,25,27). The van der Waals surface area contributed by atoms with E-state index in [4.69, 9.17) is 4.18 Å². The summed E-state index contributed by atoms with van der Waals surface area (Å²) >= 11 is 0. The molecule has 0 saturated heterocycles. The lowest BCUT2D eigenvalue weighted by Crippen LogP contribution is -2.44. The topological polar surface area (TPSA) is 89.5 Å². The van der Waals surface area contributed by atoms with Gasteiger partial charge in [0.25, 0.3) is 0 Å². The number of nitrogens with one attached hydrogen (secondary N) is 1. The zero-order chi connectivity index (χ0) is 22.2. The van der Waals surface area contributed by atoms with E-state index >= 15 is 0 Å². The van der Waals surface area contributed by atoms with Crippen LogP contribution in [0.2, 0.25) is 0 Å². The van der Waals surface area contributed by atoms with E-state index in [1.54, 1.807) is 6.07 Å². The number of carbonyl (C=O) groups is 2. The Labute approximate surface area is 185 Å². The van der Waals surface area contributed by atoms with Gasteiger partial charge < -0.3 is 4.18 Å². The van der Waals surface area contributed by atoms with Gasteiger partial charge in [0.1, 0.15) is 11.5 Å². The van der Waals surface area contributed by atoms with Gasteiger partial charge in [0.2, 0.25) is 5.91 Å². The lowest BCUT2D eigenvalue weighted by atomic mass is 9.54. The minimum absolute atomic E-state index is 0.105. The Morgan fingerprint density at radius 1 is 1.19 bits per heavy atom. The molecule has 4 unspecified atom stereocenters. The van der Waals surface area contributed by atoms with Gasteiger partial charge in [-0.25, -0.2) is 4.72 Å². The molecule has 1 aromatic carbocycles. The monoisotopic (exact) mass is 447 g/mol. The molecule has 0 bridgehead atoms. The average Bonchev–Trinajstić information content (AvgIpc) is 3.08. The van der Waals surface area contributed by atoms with Crippen molar-refractivity contribution < 1.29 is 22.2 Å². The summed E-state index contributed by atoms with van der Waals surface area (Å²) in [5, 5.41) is 0. The second kappa shape index (κ2) is 8.57. The Bertz CT molecular complexity index is 972. The number of benzene rings is 1. The van der Waals surface area contributed by atoms with Crippen molar-refractivity contribution >= 4 is 22.0 Å². The molecule has 0 aromatic heterocycles. The van der Waals surface area contributed by atoms with Crippen molar-refractivity contribution in [1.82, 2.24) is 4.72 Å². The first-order valence-corrected chi connectivity index (χ1v) is 13.1. The molecule has 6 nitrogen and oxygen atoms in total. The van der Waals surface area contributed by atoms with Crippen molar-refractivity contribution in [3.63, 3.8) is 0 Å². The normalized spacial score (nSPS) is 29.6. The van der Waals surface area contributed by atoms with E-state index < -0.39 is 16.2 Å². The zero-order valence-corrected chi connectivity index (χ0v) is 19.3. The minimum atomic E-state index is -4.18. The summed E-state index contributed by atoms with van der Waals surface area (Å²) in [5.74, 6) is 1.60. The highest BCUT2D eigenvalue weighted by molar-refractivity contribution is 7.85. The van der Waals surface area contributed by atoms with Crippen LogP contribution < -0.4 is 8.91 Å². The number of rotatable bonds is 7. The molecule has 0 spiro atoms. The van der Waals surface area contributed by atoms with Gasteiger partial charge in [0, 0.05) is 18.3 Å². The number of unbranched alkanes of at least 4 members (excludes halogenated alkanes) is 1. The summed E-state index contributed by atoms with van der Waals surface area (Å²) in [6.07, 6.45) is 8.16. The molecule has 2 saturated carbocycles. The van der Waals surface area contributed by atoms with E-state index in [1.165, 1.54) is 5.56 Å². The molecular weight excluding hydrogens is 414 g/mol. The van der Waals surface area contributed by atoms with E-state index in [2.05, 4.69) is 6.92 Å². The van der Waals surface area contributed by atoms with Gasteiger partial charge in [0.05, 0.1) is 0 Å². The molecule has 1 amide bonds. The highest BCUT2D eigenvalue weighted by atomic mass is 32.2. The number of carbonyl (C=O) groups excluding carboxylic acids is 2. The number of fused-ring (bicyclic) bond motifs is 5. The van der Waals surface area contributed by atoms with Crippen LogP contribution in [0.25, 0.3) is 0 Å². The summed E-state index contributed by atoms with van der Waals surface area (Å²) in [6, 6.07) is 5.49. The van der Waals surface area contributed by atoms with Crippen molar-refractivity contribution in [2.24, 2.45) is 17.3 Å². The number of hydrogen-bond donors (Lipinski definition) is 1. The quantitative estimate of drug-likeness (QED) is 0.668. The van der Waals surface area contributed by atoms with E-state index in [-0.39, 0.29) is 17.6 Å². The smallest absolute Gasteiger partial charge is 0.367 e. The van der Waals surface area contributed by atoms with Crippen LogP contribution in [0.5, 0.6) is 5.75 Å². The van der Waals surface area contributed by atoms with E-state index in [0.29, 0.717) is 30.0 Å². The molecule has 3 aliphatic rings. The molecule has 0 radical (unpaired) electrons. The number of hydrogen-bond acceptors (Lipinski definition) is 5. The zero-order valence-electron chi connectivity index (χ0n) is 18.5. The van der Waals surface area contributed by atoms with Crippen LogP contribution in [-0.4, -0.2) is 20.1 Å². The van der Waals surface area contributed by atoms with Crippen LogP contribution in [0.15, 0.2) is 18.2 Å². The third kappa shape index (κ3) is 4.13.